The standard InChI is InChI=1S/C24H24ClN5O2/c1-5-30-15(2)16(13-27-30)14-29(3)24(31)19-12-21(23-22(32-4)7-6-10-26-23)28-20-9-8-17(25)11-18(19)20/h6-13H,5,14H2,1-4H3. The number of rotatable bonds is 6. The van der Waals surface area contributed by atoms with E-state index < -0.39 is 0 Å². The van der Waals surface area contributed by atoms with E-state index in [-0.39, 0.29) is 5.91 Å². The number of aryl methyl sites for hydroxylation is 1. The number of pyridine rings is 2. The van der Waals surface area contributed by atoms with E-state index in [9.17, 15) is 4.79 Å². The number of carbonyl (C=O) groups excluding carboxylic acids is 1. The molecule has 164 valence electrons. The Balaban J connectivity index is 1.80. The van der Waals surface area contributed by atoms with Crippen molar-refractivity contribution in [3.63, 3.8) is 0 Å². The van der Waals surface area contributed by atoms with E-state index in [0.717, 1.165) is 17.8 Å². The Morgan fingerprint density at radius 3 is 2.78 bits per heavy atom. The molecule has 0 aliphatic rings. The molecule has 0 saturated carbocycles. The molecule has 0 spiro atoms. The topological polar surface area (TPSA) is 73.1 Å². The van der Waals surface area contributed by atoms with Gasteiger partial charge in [-0.2, -0.15) is 5.10 Å². The molecule has 4 aromatic rings. The zero-order valence-corrected chi connectivity index (χ0v) is 19.2. The summed E-state index contributed by atoms with van der Waals surface area (Å²) < 4.78 is 7.37. The third kappa shape index (κ3) is 4.03. The van der Waals surface area contributed by atoms with Gasteiger partial charge in [-0.3, -0.25) is 14.5 Å². The lowest BCUT2D eigenvalue weighted by Crippen LogP contribution is -2.27. The molecule has 0 N–H and O–H groups in total. The van der Waals surface area contributed by atoms with Crippen LogP contribution in [0.1, 0.15) is 28.5 Å². The SMILES string of the molecule is CCn1ncc(CN(C)C(=O)c2cc(-c3ncccc3OC)nc3ccc(Cl)cc23)c1C. The van der Waals surface area contributed by atoms with Crippen LogP contribution in [0.2, 0.25) is 5.02 Å². The van der Waals surface area contributed by atoms with Crippen LogP contribution < -0.4 is 4.74 Å². The lowest BCUT2D eigenvalue weighted by atomic mass is 10.0. The van der Waals surface area contributed by atoms with Crippen molar-refractivity contribution < 1.29 is 9.53 Å². The molecule has 0 fully saturated rings. The van der Waals surface area contributed by atoms with Gasteiger partial charge in [0.2, 0.25) is 0 Å². The minimum absolute atomic E-state index is 0.139. The monoisotopic (exact) mass is 449 g/mol. The Morgan fingerprint density at radius 2 is 2.06 bits per heavy atom. The molecule has 32 heavy (non-hydrogen) atoms. The van der Waals surface area contributed by atoms with Crippen molar-refractivity contribution in [3.05, 3.63) is 70.6 Å². The van der Waals surface area contributed by atoms with Crippen molar-refractivity contribution in [3.8, 4) is 17.1 Å². The van der Waals surface area contributed by atoms with Gasteiger partial charge in [0, 0.05) is 48.0 Å². The number of hydrogen-bond donors (Lipinski definition) is 0. The smallest absolute Gasteiger partial charge is 0.254 e. The van der Waals surface area contributed by atoms with E-state index in [4.69, 9.17) is 21.3 Å². The Kier molecular flexibility index (Phi) is 6.10. The van der Waals surface area contributed by atoms with E-state index >= 15 is 0 Å². The summed E-state index contributed by atoms with van der Waals surface area (Å²) in [5, 5.41) is 5.61. The minimum atomic E-state index is -0.139. The summed E-state index contributed by atoms with van der Waals surface area (Å²) in [5.41, 5.74) is 4.35. The third-order valence-electron chi connectivity index (χ3n) is 5.49. The number of amides is 1. The first-order chi connectivity index (χ1) is 15.4. The number of ether oxygens (including phenoxy) is 1. The number of hydrogen-bond acceptors (Lipinski definition) is 5. The van der Waals surface area contributed by atoms with Crippen LogP contribution in [-0.4, -0.2) is 44.7 Å². The molecule has 8 heteroatoms. The Hall–Kier alpha value is -3.45. The van der Waals surface area contributed by atoms with Crippen molar-refractivity contribution in [2.45, 2.75) is 26.9 Å². The fraction of sp³-hybridized carbons (Fsp3) is 0.250. The number of carbonyl (C=O) groups is 1. The molecule has 0 aliphatic carbocycles. The van der Waals surface area contributed by atoms with Gasteiger partial charge < -0.3 is 9.64 Å². The normalized spacial score (nSPS) is 11.0. The summed E-state index contributed by atoms with van der Waals surface area (Å²) >= 11 is 6.25. The van der Waals surface area contributed by atoms with Crippen LogP contribution in [0.4, 0.5) is 0 Å². The van der Waals surface area contributed by atoms with Crippen LogP contribution in [0.25, 0.3) is 22.3 Å². The second-order valence-corrected chi connectivity index (χ2v) is 7.94. The van der Waals surface area contributed by atoms with Crippen LogP contribution in [0, 0.1) is 6.92 Å². The Bertz CT molecular complexity index is 1300. The highest BCUT2D eigenvalue weighted by molar-refractivity contribution is 6.31. The highest BCUT2D eigenvalue weighted by Crippen LogP contribution is 2.31. The van der Waals surface area contributed by atoms with E-state index in [0.29, 0.717) is 45.2 Å². The molecule has 1 aromatic carbocycles. The summed E-state index contributed by atoms with van der Waals surface area (Å²) in [5.74, 6) is 0.446. The van der Waals surface area contributed by atoms with E-state index in [1.807, 2.05) is 36.9 Å². The van der Waals surface area contributed by atoms with Gasteiger partial charge in [-0.15, -0.1) is 0 Å². The summed E-state index contributed by atoms with van der Waals surface area (Å²) in [6.07, 6.45) is 3.49. The van der Waals surface area contributed by atoms with Gasteiger partial charge in [0.25, 0.3) is 5.91 Å². The molecule has 3 heterocycles. The quantitative estimate of drug-likeness (QED) is 0.424. The number of nitrogens with zero attached hydrogens (tertiary/aromatic N) is 5. The fourth-order valence-corrected chi connectivity index (χ4v) is 3.91. The average molecular weight is 450 g/mol. The molecule has 0 atom stereocenters. The second kappa shape index (κ2) is 8.96. The van der Waals surface area contributed by atoms with Gasteiger partial charge >= 0.3 is 0 Å². The van der Waals surface area contributed by atoms with Crippen LogP contribution >= 0.6 is 11.6 Å². The van der Waals surface area contributed by atoms with Crippen LogP contribution in [0.3, 0.4) is 0 Å². The van der Waals surface area contributed by atoms with Crippen molar-refractivity contribution in [2.24, 2.45) is 0 Å². The van der Waals surface area contributed by atoms with Crippen molar-refractivity contribution in [1.29, 1.82) is 0 Å². The Morgan fingerprint density at radius 1 is 1.25 bits per heavy atom. The van der Waals surface area contributed by atoms with Crippen LogP contribution in [-0.2, 0) is 13.1 Å². The maximum absolute atomic E-state index is 13.6. The second-order valence-electron chi connectivity index (χ2n) is 7.50. The lowest BCUT2D eigenvalue weighted by Gasteiger charge is -2.19. The average Bonchev–Trinajstić information content (AvgIpc) is 3.16. The molecule has 0 aliphatic heterocycles. The summed E-state index contributed by atoms with van der Waals surface area (Å²) in [6, 6.07) is 10.7. The largest absolute Gasteiger partial charge is 0.494 e. The number of aromatic nitrogens is 4. The molecule has 0 unspecified atom stereocenters. The van der Waals surface area contributed by atoms with Gasteiger partial charge in [-0.05, 0) is 50.2 Å². The van der Waals surface area contributed by atoms with Gasteiger partial charge in [-0.1, -0.05) is 11.6 Å². The number of fused-ring (bicyclic) bond motifs is 1. The maximum Gasteiger partial charge on any atom is 0.254 e. The predicted molar refractivity (Wildman–Crippen MR) is 125 cm³/mol. The maximum atomic E-state index is 13.6. The first-order valence-corrected chi connectivity index (χ1v) is 10.7. The lowest BCUT2D eigenvalue weighted by molar-refractivity contribution is 0.0787. The number of benzene rings is 1. The highest BCUT2D eigenvalue weighted by Gasteiger charge is 2.21. The fourth-order valence-electron chi connectivity index (χ4n) is 3.74. The van der Waals surface area contributed by atoms with Crippen molar-refractivity contribution in [2.75, 3.05) is 14.2 Å². The molecular weight excluding hydrogens is 426 g/mol. The summed E-state index contributed by atoms with van der Waals surface area (Å²) in [7, 11) is 3.36. The zero-order valence-electron chi connectivity index (χ0n) is 18.5. The molecule has 0 radical (unpaired) electrons. The number of methoxy groups -OCH3 is 1. The van der Waals surface area contributed by atoms with Gasteiger partial charge in [-0.25, -0.2) is 4.98 Å². The molecule has 4 rings (SSSR count). The van der Waals surface area contributed by atoms with E-state index in [2.05, 4.69) is 10.1 Å². The van der Waals surface area contributed by atoms with E-state index in [1.54, 1.807) is 49.5 Å². The van der Waals surface area contributed by atoms with Crippen LogP contribution in [0.5, 0.6) is 5.75 Å². The molecule has 0 saturated heterocycles. The molecule has 1 amide bonds. The van der Waals surface area contributed by atoms with Crippen molar-refractivity contribution >= 4 is 28.4 Å². The molecular formula is C24H24ClN5O2. The molecule has 7 nitrogen and oxygen atoms in total. The van der Waals surface area contributed by atoms with E-state index in [1.165, 1.54) is 0 Å². The summed E-state index contributed by atoms with van der Waals surface area (Å²) in [4.78, 5) is 24.4. The summed E-state index contributed by atoms with van der Waals surface area (Å²) in [6.45, 7) is 5.28. The van der Waals surface area contributed by atoms with Crippen LogP contribution in [0.15, 0.2) is 48.8 Å². The van der Waals surface area contributed by atoms with Crippen molar-refractivity contribution in [1.82, 2.24) is 24.6 Å². The number of halogens is 1. The van der Waals surface area contributed by atoms with Gasteiger partial charge in [0.1, 0.15) is 11.4 Å². The first-order valence-electron chi connectivity index (χ1n) is 10.3. The Labute approximate surface area is 191 Å². The predicted octanol–water partition coefficient (Wildman–Crippen LogP) is 4.76. The molecule has 0 bridgehead atoms. The van der Waals surface area contributed by atoms with Gasteiger partial charge in [0.15, 0.2) is 0 Å². The first kappa shape index (κ1) is 21.8. The highest BCUT2D eigenvalue weighted by atomic mass is 35.5. The third-order valence-corrected chi connectivity index (χ3v) is 5.73. The zero-order chi connectivity index (χ0) is 22.8. The molecule has 3 aromatic heterocycles. The van der Waals surface area contributed by atoms with Gasteiger partial charge in [0.05, 0.1) is 30.1 Å². The minimum Gasteiger partial charge on any atom is -0.494 e.